The first-order valence-electron chi connectivity index (χ1n) is 5.60. The fourth-order valence-corrected chi connectivity index (χ4v) is 3.08. The van der Waals surface area contributed by atoms with Gasteiger partial charge in [0, 0.05) is 19.7 Å². The Kier molecular flexibility index (Phi) is 4.73. The first-order chi connectivity index (χ1) is 7.35. The molecule has 2 N–H and O–H groups in total. The van der Waals surface area contributed by atoms with Crippen molar-refractivity contribution < 1.29 is 13.2 Å². The zero-order chi connectivity index (χ0) is 12.2. The third-order valence-electron chi connectivity index (χ3n) is 2.85. The van der Waals surface area contributed by atoms with Crippen molar-refractivity contribution in [3.63, 3.8) is 0 Å². The Bertz CT molecular complexity index is 308. The highest BCUT2D eigenvalue weighted by Gasteiger charge is 2.24. The Morgan fingerprint density at radius 1 is 1.50 bits per heavy atom. The van der Waals surface area contributed by atoms with Crippen molar-refractivity contribution >= 4 is 10.0 Å². The zero-order valence-electron chi connectivity index (χ0n) is 10.2. The topological polar surface area (TPSA) is 67.4 Å². The van der Waals surface area contributed by atoms with Crippen molar-refractivity contribution in [1.29, 1.82) is 0 Å². The van der Waals surface area contributed by atoms with Gasteiger partial charge in [0.25, 0.3) is 0 Å². The molecule has 0 amide bonds. The third kappa shape index (κ3) is 4.78. The monoisotopic (exact) mass is 250 g/mol. The van der Waals surface area contributed by atoms with Gasteiger partial charge in [0.05, 0.1) is 11.4 Å². The van der Waals surface area contributed by atoms with Crippen molar-refractivity contribution in [3.05, 3.63) is 0 Å². The Morgan fingerprint density at radius 3 is 2.69 bits per heavy atom. The van der Waals surface area contributed by atoms with Crippen molar-refractivity contribution in [2.75, 3.05) is 26.0 Å². The molecular weight excluding hydrogens is 228 g/mol. The van der Waals surface area contributed by atoms with E-state index in [0.29, 0.717) is 6.54 Å². The van der Waals surface area contributed by atoms with E-state index in [0.717, 1.165) is 19.4 Å². The van der Waals surface area contributed by atoms with Crippen LogP contribution in [-0.2, 0) is 14.8 Å². The molecule has 96 valence electrons. The minimum absolute atomic E-state index is 0.100. The average Bonchev–Trinajstić information content (AvgIpc) is 2.67. The summed E-state index contributed by atoms with van der Waals surface area (Å²) in [6.45, 7) is 4.93. The number of hydrogen-bond acceptors (Lipinski definition) is 4. The average molecular weight is 250 g/mol. The van der Waals surface area contributed by atoms with E-state index in [1.165, 1.54) is 0 Å². The number of ether oxygens (including phenoxy) is 1. The van der Waals surface area contributed by atoms with Gasteiger partial charge in [0.2, 0.25) is 10.0 Å². The van der Waals surface area contributed by atoms with E-state index in [9.17, 15) is 8.42 Å². The van der Waals surface area contributed by atoms with Crippen LogP contribution in [0.25, 0.3) is 0 Å². The fourth-order valence-electron chi connectivity index (χ4n) is 1.58. The highest BCUT2D eigenvalue weighted by molar-refractivity contribution is 7.89. The lowest BCUT2D eigenvalue weighted by Crippen LogP contribution is -2.43. The third-order valence-corrected chi connectivity index (χ3v) is 4.28. The van der Waals surface area contributed by atoms with E-state index in [1.54, 1.807) is 7.11 Å². The highest BCUT2D eigenvalue weighted by Crippen LogP contribution is 2.09. The van der Waals surface area contributed by atoms with Crippen molar-refractivity contribution in [2.24, 2.45) is 0 Å². The van der Waals surface area contributed by atoms with E-state index in [2.05, 4.69) is 10.0 Å². The first-order valence-corrected chi connectivity index (χ1v) is 7.26. The lowest BCUT2D eigenvalue weighted by Gasteiger charge is -2.23. The number of methoxy groups -OCH3 is 1. The summed E-state index contributed by atoms with van der Waals surface area (Å²) < 4.78 is 31.2. The van der Waals surface area contributed by atoms with Crippen LogP contribution in [0.2, 0.25) is 0 Å². The molecule has 1 saturated heterocycles. The summed E-state index contributed by atoms with van der Waals surface area (Å²) in [5.74, 6) is 0.160. The van der Waals surface area contributed by atoms with Crippen LogP contribution in [0.5, 0.6) is 0 Å². The van der Waals surface area contributed by atoms with Crippen LogP contribution < -0.4 is 10.0 Å². The SMILES string of the molecule is COC(C)(C)CNS(=O)(=O)CC1CCCN1. The largest absolute Gasteiger partial charge is 0.377 e. The Balaban J connectivity index is 2.39. The van der Waals surface area contributed by atoms with Crippen molar-refractivity contribution in [2.45, 2.75) is 38.3 Å². The van der Waals surface area contributed by atoms with E-state index in [1.807, 2.05) is 13.8 Å². The van der Waals surface area contributed by atoms with Crippen molar-refractivity contribution in [1.82, 2.24) is 10.0 Å². The Labute approximate surface area is 98.0 Å². The Morgan fingerprint density at radius 2 is 2.19 bits per heavy atom. The highest BCUT2D eigenvalue weighted by atomic mass is 32.2. The molecule has 0 aromatic rings. The van der Waals surface area contributed by atoms with Gasteiger partial charge in [-0.05, 0) is 33.2 Å². The molecule has 1 aliphatic rings. The van der Waals surface area contributed by atoms with Crippen LogP contribution in [0.15, 0.2) is 0 Å². The second kappa shape index (κ2) is 5.44. The molecule has 0 saturated carbocycles. The molecule has 5 nitrogen and oxygen atoms in total. The quantitative estimate of drug-likeness (QED) is 0.701. The fraction of sp³-hybridized carbons (Fsp3) is 1.00. The molecule has 1 atom stereocenters. The van der Waals surface area contributed by atoms with Gasteiger partial charge in [0.15, 0.2) is 0 Å². The minimum atomic E-state index is -3.20. The van der Waals surface area contributed by atoms with Crippen molar-refractivity contribution in [3.8, 4) is 0 Å². The second-order valence-corrected chi connectivity index (χ2v) is 6.71. The van der Waals surface area contributed by atoms with Gasteiger partial charge in [-0.2, -0.15) is 0 Å². The zero-order valence-corrected chi connectivity index (χ0v) is 11.1. The summed E-state index contributed by atoms with van der Waals surface area (Å²) in [6.07, 6.45) is 2.00. The number of rotatable bonds is 6. The first kappa shape index (κ1) is 13.9. The van der Waals surface area contributed by atoms with Gasteiger partial charge in [0.1, 0.15) is 0 Å². The van der Waals surface area contributed by atoms with Crippen LogP contribution in [-0.4, -0.2) is 46.0 Å². The summed E-state index contributed by atoms with van der Waals surface area (Å²) in [6, 6.07) is 0.100. The summed E-state index contributed by atoms with van der Waals surface area (Å²) >= 11 is 0. The molecule has 0 aromatic heterocycles. The van der Waals surface area contributed by atoms with Gasteiger partial charge < -0.3 is 10.1 Å². The minimum Gasteiger partial charge on any atom is -0.377 e. The molecule has 1 rings (SSSR count). The molecule has 16 heavy (non-hydrogen) atoms. The molecule has 0 bridgehead atoms. The van der Waals surface area contributed by atoms with Gasteiger partial charge >= 0.3 is 0 Å². The number of sulfonamides is 1. The van der Waals surface area contributed by atoms with E-state index >= 15 is 0 Å². The summed E-state index contributed by atoms with van der Waals surface area (Å²) in [5, 5.41) is 3.17. The molecule has 1 unspecified atom stereocenters. The molecule has 0 aromatic carbocycles. The van der Waals surface area contributed by atoms with E-state index < -0.39 is 15.6 Å². The predicted molar refractivity (Wildman–Crippen MR) is 63.9 cm³/mol. The van der Waals surface area contributed by atoms with Gasteiger partial charge in [-0.3, -0.25) is 0 Å². The smallest absolute Gasteiger partial charge is 0.213 e. The Hall–Kier alpha value is -0.170. The number of nitrogens with one attached hydrogen (secondary N) is 2. The van der Waals surface area contributed by atoms with Crippen LogP contribution >= 0.6 is 0 Å². The van der Waals surface area contributed by atoms with E-state index in [-0.39, 0.29) is 11.8 Å². The maximum atomic E-state index is 11.7. The normalized spacial score (nSPS) is 22.6. The lowest BCUT2D eigenvalue weighted by molar-refractivity contribution is 0.0276. The van der Waals surface area contributed by atoms with Gasteiger partial charge in [-0.25, -0.2) is 13.1 Å². The summed E-state index contributed by atoms with van der Waals surface area (Å²) in [7, 11) is -1.62. The molecular formula is C10H22N2O3S. The number of hydrogen-bond donors (Lipinski definition) is 2. The molecule has 1 aliphatic heterocycles. The maximum absolute atomic E-state index is 11.7. The predicted octanol–water partition coefficient (Wildman–Crippen LogP) is 0.0828. The van der Waals surface area contributed by atoms with Crippen LogP contribution in [0, 0.1) is 0 Å². The van der Waals surface area contributed by atoms with Crippen LogP contribution in [0.3, 0.4) is 0 Å². The molecule has 1 heterocycles. The second-order valence-electron chi connectivity index (χ2n) is 4.86. The van der Waals surface area contributed by atoms with Gasteiger partial charge in [-0.15, -0.1) is 0 Å². The van der Waals surface area contributed by atoms with Crippen LogP contribution in [0.4, 0.5) is 0 Å². The van der Waals surface area contributed by atoms with E-state index in [4.69, 9.17) is 4.74 Å². The van der Waals surface area contributed by atoms with Gasteiger partial charge in [-0.1, -0.05) is 0 Å². The molecule has 0 aliphatic carbocycles. The lowest BCUT2D eigenvalue weighted by atomic mass is 10.1. The summed E-state index contributed by atoms with van der Waals surface area (Å²) in [5.41, 5.74) is -0.462. The standard InChI is InChI=1S/C10H22N2O3S/c1-10(2,15-3)8-12-16(13,14)7-9-5-4-6-11-9/h9,11-12H,4-8H2,1-3H3. The van der Waals surface area contributed by atoms with Crippen LogP contribution in [0.1, 0.15) is 26.7 Å². The molecule has 1 fully saturated rings. The molecule has 0 radical (unpaired) electrons. The summed E-state index contributed by atoms with van der Waals surface area (Å²) in [4.78, 5) is 0. The molecule has 6 heteroatoms. The molecule has 0 spiro atoms. The maximum Gasteiger partial charge on any atom is 0.213 e.